The molecule has 0 radical (unpaired) electrons. The molecule has 2 aromatic rings. The molecule has 0 bridgehead atoms. The Hall–Kier alpha value is -2.20. The maximum absolute atomic E-state index is 8.10. The summed E-state index contributed by atoms with van der Waals surface area (Å²) in [4.78, 5) is 2.62. The van der Waals surface area contributed by atoms with Crippen LogP contribution in [-0.2, 0) is 6.54 Å². The van der Waals surface area contributed by atoms with Crippen LogP contribution in [0.25, 0.3) is 22.0 Å². The van der Waals surface area contributed by atoms with Gasteiger partial charge in [-0.3, -0.25) is 0 Å². The van der Waals surface area contributed by atoms with Gasteiger partial charge < -0.3 is 8.94 Å². The average molecular weight is 190 g/mol. The first-order chi connectivity index (χ1) is 6.90. The summed E-state index contributed by atoms with van der Waals surface area (Å²) in [7, 11) is 0. The van der Waals surface area contributed by atoms with Crippen LogP contribution in [0.1, 0.15) is 5.69 Å². The zero-order valence-electron chi connectivity index (χ0n) is 7.12. The van der Waals surface area contributed by atoms with E-state index in [0.29, 0.717) is 17.2 Å². The molecular weight excluding hydrogens is 184 g/mol. The number of nitrogens with zero attached hydrogens (tertiary/aromatic N) is 4. The van der Waals surface area contributed by atoms with E-state index >= 15 is 0 Å². The number of rotatable bonds is 3. The second kappa shape index (κ2) is 3.68. The maximum Gasteiger partial charge on any atom is 0.202 e. The van der Waals surface area contributed by atoms with E-state index in [0.717, 1.165) is 0 Å². The Morgan fingerprint density at radius 2 is 2.43 bits per heavy atom. The smallest absolute Gasteiger partial charge is 0.202 e. The molecule has 0 aromatic carbocycles. The summed E-state index contributed by atoms with van der Waals surface area (Å²) in [5, 5.41) is 7.07. The van der Waals surface area contributed by atoms with Gasteiger partial charge in [-0.05, 0) is 17.7 Å². The van der Waals surface area contributed by atoms with Crippen molar-refractivity contribution in [1.82, 2.24) is 5.16 Å². The van der Waals surface area contributed by atoms with Gasteiger partial charge in [-0.2, -0.15) is 0 Å². The first kappa shape index (κ1) is 8.40. The van der Waals surface area contributed by atoms with Crippen LogP contribution < -0.4 is 0 Å². The Morgan fingerprint density at radius 3 is 3.14 bits per heavy atom. The average Bonchev–Trinajstić information content (AvgIpc) is 2.85. The number of aromatic nitrogens is 1. The Morgan fingerprint density at radius 1 is 1.50 bits per heavy atom. The minimum absolute atomic E-state index is 0.181. The summed E-state index contributed by atoms with van der Waals surface area (Å²) >= 11 is 0. The highest BCUT2D eigenvalue weighted by Crippen LogP contribution is 2.20. The molecule has 0 aliphatic carbocycles. The highest BCUT2D eigenvalue weighted by Gasteiger charge is 2.07. The van der Waals surface area contributed by atoms with Crippen LogP contribution in [0.5, 0.6) is 0 Å². The third-order valence-electron chi connectivity index (χ3n) is 1.62. The zero-order valence-corrected chi connectivity index (χ0v) is 7.12. The van der Waals surface area contributed by atoms with Crippen molar-refractivity contribution in [3.05, 3.63) is 40.6 Å². The predicted octanol–water partition coefficient (Wildman–Crippen LogP) is 2.74. The highest BCUT2D eigenvalue weighted by atomic mass is 16.5. The molecule has 0 unspecified atom stereocenters. The summed E-state index contributed by atoms with van der Waals surface area (Å²) in [6, 6.07) is 5.19. The van der Waals surface area contributed by atoms with Crippen molar-refractivity contribution >= 4 is 0 Å². The minimum Gasteiger partial charge on any atom is -0.461 e. The van der Waals surface area contributed by atoms with Gasteiger partial charge in [0.25, 0.3) is 0 Å². The molecule has 0 saturated carbocycles. The van der Waals surface area contributed by atoms with Crippen LogP contribution in [-0.4, -0.2) is 5.16 Å². The lowest BCUT2D eigenvalue weighted by atomic mass is 10.3. The van der Waals surface area contributed by atoms with Crippen LogP contribution in [0.3, 0.4) is 0 Å². The fourth-order valence-electron chi connectivity index (χ4n) is 1.03. The summed E-state index contributed by atoms with van der Waals surface area (Å²) in [6.45, 7) is 0.181. The van der Waals surface area contributed by atoms with Gasteiger partial charge in [0.1, 0.15) is 0 Å². The lowest BCUT2D eigenvalue weighted by Gasteiger charge is -1.83. The number of azide groups is 1. The number of furan rings is 1. The van der Waals surface area contributed by atoms with Gasteiger partial charge in [0, 0.05) is 11.0 Å². The van der Waals surface area contributed by atoms with Gasteiger partial charge in [-0.15, -0.1) is 0 Å². The molecule has 6 nitrogen and oxygen atoms in total. The van der Waals surface area contributed by atoms with Crippen molar-refractivity contribution in [2.24, 2.45) is 5.11 Å². The van der Waals surface area contributed by atoms with Gasteiger partial charge in [-0.25, -0.2) is 0 Å². The van der Waals surface area contributed by atoms with E-state index in [1.165, 1.54) is 0 Å². The fourth-order valence-corrected chi connectivity index (χ4v) is 1.03. The highest BCUT2D eigenvalue weighted by molar-refractivity contribution is 5.49. The lowest BCUT2D eigenvalue weighted by Crippen LogP contribution is -1.75. The summed E-state index contributed by atoms with van der Waals surface area (Å²) in [6.07, 6.45) is 1.55. The van der Waals surface area contributed by atoms with E-state index in [4.69, 9.17) is 14.5 Å². The molecule has 0 aliphatic rings. The molecular formula is C8H6N4O2. The van der Waals surface area contributed by atoms with Crippen LogP contribution in [0.15, 0.2) is 38.5 Å². The number of hydrogen-bond acceptors (Lipinski definition) is 4. The fraction of sp³-hybridized carbons (Fsp3) is 0.125. The second-order valence-corrected chi connectivity index (χ2v) is 2.55. The summed E-state index contributed by atoms with van der Waals surface area (Å²) in [5.41, 5.74) is 8.68. The molecule has 0 aliphatic heterocycles. The molecule has 14 heavy (non-hydrogen) atoms. The van der Waals surface area contributed by atoms with E-state index < -0.39 is 0 Å². The molecule has 0 fully saturated rings. The summed E-state index contributed by atoms with van der Waals surface area (Å²) in [5.74, 6) is 1.13. The van der Waals surface area contributed by atoms with Gasteiger partial charge in [0.15, 0.2) is 5.76 Å². The van der Waals surface area contributed by atoms with Crippen LogP contribution in [0.2, 0.25) is 0 Å². The Labute approximate surface area is 78.7 Å². The summed E-state index contributed by atoms with van der Waals surface area (Å²) < 4.78 is 10.1. The van der Waals surface area contributed by atoms with E-state index in [9.17, 15) is 0 Å². The molecule has 70 valence electrons. The molecule has 2 heterocycles. The number of hydrogen-bond donors (Lipinski definition) is 0. The molecule has 0 spiro atoms. The topological polar surface area (TPSA) is 87.9 Å². The van der Waals surface area contributed by atoms with Crippen LogP contribution >= 0.6 is 0 Å². The van der Waals surface area contributed by atoms with Gasteiger partial charge in [-0.1, -0.05) is 10.3 Å². The zero-order chi connectivity index (χ0) is 9.80. The van der Waals surface area contributed by atoms with E-state index in [1.807, 2.05) is 0 Å². The van der Waals surface area contributed by atoms with Crippen LogP contribution in [0, 0.1) is 0 Å². The van der Waals surface area contributed by atoms with Crippen molar-refractivity contribution < 1.29 is 8.94 Å². The van der Waals surface area contributed by atoms with E-state index in [2.05, 4.69) is 15.2 Å². The lowest BCUT2D eigenvalue weighted by molar-refractivity contribution is 0.411. The van der Waals surface area contributed by atoms with Crippen LogP contribution in [0.4, 0.5) is 0 Å². The third kappa shape index (κ3) is 1.60. The Balaban J connectivity index is 2.22. The molecule has 2 aromatic heterocycles. The van der Waals surface area contributed by atoms with Crippen molar-refractivity contribution in [1.29, 1.82) is 0 Å². The quantitative estimate of drug-likeness (QED) is 0.423. The minimum atomic E-state index is 0.181. The van der Waals surface area contributed by atoms with Gasteiger partial charge in [0.2, 0.25) is 5.76 Å². The SMILES string of the molecule is [N-]=[N+]=NCc1cc(-c2ccco2)on1. The predicted molar refractivity (Wildman–Crippen MR) is 47.1 cm³/mol. The molecule has 0 N–H and O–H groups in total. The largest absolute Gasteiger partial charge is 0.461 e. The van der Waals surface area contributed by atoms with Crippen molar-refractivity contribution in [2.45, 2.75) is 6.54 Å². The molecule has 2 rings (SSSR count). The monoisotopic (exact) mass is 190 g/mol. The van der Waals surface area contributed by atoms with Crippen molar-refractivity contribution in [3.63, 3.8) is 0 Å². The standard InChI is InChI=1S/C8H6N4O2/c9-12-10-5-6-4-8(14-11-6)7-2-1-3-13-7/h1-4H,5H2. The first-order valence-electron chi connectivity index (χ1n) is 3.90. The van der Waals surface area contributed by atoms with Gasteiger partial charge in [0.05, 0.1) is 18.5 Å². The van der Waals surface area contributed by atoms with Gasteiger partial charge >= 0.3 is 0 Å². The molecule has 0 atom stereocenters. The third-order valence-corrected chi connectivity index (χ3v) is 1.62. The maximum atomic E-state index is 8.10. The molecule has 0 saturated heterocycles. The molecule has 0 amide bonds. The van der Waals surface area contributed by atoms with E-state index in [1.54, 1.807) is 24.5 Å². The van der Waals surface area contributed by atoms with E-state index in [-0.39, 0.29) is 6.54 Å². The normalized spacial score (nSPS) is 9.71. The molecule has 6 heteroatoms. The first-order valence-corrected chi connectivity index (χ1v) is 3.90. The van der Waals surface area contributed by atoms with Crippen molar-refractivity contribution in [2.75, 3.05) is 0 Å². The van der Waals surface area contributed by atoms with Crippen molar-refractivity contribution in [3.8, 4) is 11.5 Å². The Kier molecular flexibility index (Phi) is 2.21. The Bertz CT molecular complexity index is 453. The second-order valence-electron chi connectivity index (χ2n) is 2.55.